The minimum absolute atomic E-state index is 0.0866. The number of amides is 3. The van der Waals surface area contributed by atoms with E-state index in [0.717, 1.165) is 5.56 Å². The molecule has 8 nitrogen and oxygen atoms in total. The van der Waals surface area contributed by atoms with E-state index in [1.165, 1.54) is 4.90 Å². The molecule has 1 aliphatic rings. The number of likely N-dealkylation sites (tertiary alicyclic amines) is 1. The van der Waals surface area contributed by atoms with Gasteiger partial charge in [-0.15, -0.1) is 0 Å². The van der Waals surface area contributed by atoms with Gasteiger partial charge in [0.2, 0.25) is 29.4 Å². The van der Waals surface area contributed by atoms with Gasteiger partial charge in [-0.05, 0) is 37.1 Å². The summed E-state index contributed by atoms with van der Waals surface area (Å²) in [5.41, 5.74) is 0.812. The number of hydrogen-bond acceptors (Lipinski definition) is 6. The van der Waals surface area contributed by atoms with E-state index < -0.39 is 0 Å². The molecule has 0 unspecified atom stereocenters. The number of nitrogens with one attached hydrogen (secondary N) is 1. The second-order valence-electron chi connectivity index (χ2n) is 6.51. The predicted octanol–water partition coefficient (Wildman–Crippen LogP) is 2.37. The number of aryl methyl sites for hydroxylation is 1. The Balaban J connectivity index is 1.32. The number of aromatic nitrogens is 2. The Kier molecular flexibility index (Phi) is 6.76. The minimum atomic E-state index is -0.131. The fourth-order valence-corrected chi connectivity index (χ4v) is 3.02. The lowest BCUT2D eigenvalue weighted by Crippen LogP contribution is -2.33. The van der Waals surface area contributed by atoms with Gasteiger partial charge < -0.3 is 9.84 Å². The van der Waals surface area contributed by atoms with Gasteiger partial charge in [-0.25, -0.2) is 0 Å². The summed E-state index contributed by atoms with van der Waals surface area (Å²) in [7, 11) is 0. The molecular weight excluding hydrogens is 384 g/mol. The zero-order chi connectivity index (χ0) is 19.9. The third-order valence-corrected chi connectivity index (χ3v) is 4.65. The zero-order valence-electron chi connectivity index (χ0n) is 15.3. The van der Waals surface area contributed by atoms with Crippen LogP contribution in [0.4, 0.5) is 0 Å². The highest BCUT2D eigenvalue weighted by Gasteiger charge is 2.27. The quantitative estimate of drug-likeness (QED) is 0.508. The van der Waals surface area contributed by atoms with E-state index in [9.17, 15) is 14.4 Å². The van der Waals surface area contributed by atoms with Gasteiger partial charge in [-0.2, -0.15) is 4.98 Å². The Labute approximate surface area is 167 Å². The van der Waals surface area contributed by atoms with Crippen molar-refractivity contribution >= 4 is 29.3 Å². The summed E-state index contributed by atoms with van der Waals surface area (Å²) in [6.07, 6.45) is 2.56. The normalized spacial score (nSPS) is 14.0. The fourth-order valence-electron chi connectivity index (χ4n) is 2.90. The largest absolute Gasteiger partial charge is 0.356 e. The number of carbonyl (C=O) groups is 3. The van der Waals surface area contributed by atoms with E-state index in [1.807, 2.05) is 12.1 Å². The van der Waals surface area contributed by atoms with Crippen LogP contribution in [-0.2, 0) is 20.8 Å². The predicted molar refractivity (Wildman–Crippen MR) is 101 cm³/mol. The van der Waals surface area contributed by atoms with Crippen LogP contribution in [0.3, 0.4) is 0 Å². The fraction of sp³-hybridized carbons (Fsp3) is 0.421. The molecule has 0 saturated carbocycles. The van der Waals surface area contributed by atoms with Crippen LogP contribution in [-0.4, -0.2) is 45.9 Å². The van der Waals surface area contributed by atoms with Gasteiger partial charge >= 0.3 is 0 Å². The molecule has 1 aliphatic heterocycles. The van der Waals surface area contributed by atoms with Gasteiger partial charge in [0.05, 0.1) is 0 Å². The van der Waals surface area contributed by atoms with Crippen LogP contribution in [0.15, 0.2) is 28.8 Å². The second kappa shape index (κ2) is 9.45. The van der Waals surface area contributed by atoms with Crippen molar-refractivity contribution in [2.75, 3.05) is 13.1 Å². The van der Waals surface area contributed by atoms with Crippen LogP contribution in [0.25, 0.3) is 11.4 Å². The Morgan fingerprint density at radius 3 is 2.57 bits per heavy atom. The standard InChI is InChI=1S/C19H21ClN4O4/c20-14-7-5-13(6-8-14)19-22-16(28-23-19)4-1-3-15(25)21-11-2-12-24-17(26)9-10-18(24)27/h5-8H,1-4,9-12H2,(H,21,25). The highest BCUT2D eigenvalue weighted by atomic mass is 35.5. The van der Waals surface area contributed by atoms with Gasteiger partial charge in [-0.3, -0.25) is 19.3 Å². The molecule has 148 valence electrons. The first-order chi connectivity index (χ1) is 13.5. The van der Waals surface area contributed by atoms with Crippen molar-refractivity contribution in [2.24, 2.45) is 0 Å². The molecule has 1 aromatic carbocycles. The maximum absolute atomic E-state index is 11.9. The number of hydrogen-bond donors (Lipinski definition) is 1. The first kappa shape index (κ1) is 20.0. The van der Waals surface area contributed by atoms with Crippen LogP contribution in [0.1, 0.15) is 38.0 Å². The Hall–Kier alpha value is -2.74. The smallest absolute Gasteiger partial charge is 0.229 e. The van der Waals surface area contributed by atoms with E-state index in [4.69, 9.17) is 16.1 Å². The van der Waals surface area contributed by atoms with Crippen LogP contribution in [0.5, 0.6) is 0 Å². The monoisotopic (exact) mass is 404 g/mol. The Bertz CT molecular complexity index is 834. The summed E-state index contributed by atoms with van der Waals surface area (Å²) >= 11 is 5.86. The summed E-state index contributed by atoms with van der Waals surface area (Å²) in [4.78, 5) is 40.4. The highest BCUT2D eigenvalue weighted by Crippen LogP contribution is 2.19. The van der Waals surface area contributed by atoms with Crippen molar-refractivity contribution in [1.82, 2.24) is 20.4 Å². The van der Waals surface area contributed by atoms with E-state index in [2.05, 4.69) is 15.5 Å². The molecule has 3 amide bonds. The maximum atomic E-state index is 11.9. The molecule has 0 radical (unpaired) electrons. The number of benzene rings is 1. The summed E-state index contributed by atoms with van der Waals surface area (Å²) in [6, 6.07) is 7.14. The molecular formula is C19H21ClN4O4. The van der Waals surface area contributed by atoms with Crippen molar-refractivity contribution in [3.63, 3.8) is 0 Å². The van der Waals surface area contributed by atoms with E-state index in [-0.39, 0.29) is 17.7 Å². The van der Waals surface area contributed by atoms with Crippen molar-refractivity contribution in [1.29, 1.82) is 0 Å². The first-order valence-corrected chi connectivity index (χ1v) is 9.59. The Morgan fingerprint density at radius 1 is 1.14 bits per heavy atom. The van der Waals surface area contributed by atoms with Gasteiger partial charge in [0.25, 0.3) is 0 Å². The van der Waals surface area contributed by atoms with Gasteiger partial charge in [-0.1, -0.05) is 16.8 Å². The number of halogens is 1. The summed E-state index contributed by atoms with van der Waals surface area (Å²) in [5.74, 6) is 0.616. The molecule has 3 rings (SSSR count). The lowest BCUT2D eigenvalue weighted by Gasteiger charge is -2.13. The topological polar surface area (TPSA) is 105 Å². The molecule has 0 spiro atoms. The van der Waals surface area contributed by atoms with Crippen LogP contribution in [0.2, 0.25) is 5.02 Å². The van der Waals surface area contributed by atoms with Crippen LogP contribution in [0, 0.1) is 0 Å². The van der Waals surface area contributed by atoms with Gasteiger partial charge in [0.15, 0.2) is 0 Å². The van der Waals surface area contributed by atoms with Crippen molar-refractivity contribution in [2.45, 2.75) is 38.5 Å². The highest BCUT2D eigenvalue weighted by molar-refractivity contribution is 6.30. The van der Waals surface area contributed by atoms with Crippen molar-refractivity contribution < 1.29 is 18.9 Å². The average Bonchev–Trinajstić information content (AvgIpc) is 3.27. The molecule has 0 bridgehead atoms. The molecule has 9 heteroatoms. The van der Waals surface area contributed by atoms with E-state index in [0.29, 0.717) is 68.4 Å². The Morgan fingerprint density at radius 2 is 1.86 bits per heavy atom. The lowest BCUT2D eigenvalue weighted by molar-refractivity contribution is -0.138. The molecule has 2 aromatic rings. The molecule has 1 aromatic heterocycles. The second-order valence-corrected chi connectivity index (χ2v) is 6.95. The van der Waals surface area contributed by atoms with Gasteiger partial charge in [0.1, 0.15) is 0 Å². The van der Waals surface area contributed by atoms with E-state index >= 15 is 0 Å². The number of carbonyl (C=O) groups excluding carboxylic acids is 3. The maximum Gasteiger partial charge on any atom is 0.229 e. The average molecular weight is 405 g/mol. The van der Waals surface area contributed by atoms with Crippen LogP contribution < -0.4 is 5.32 Å². The molecule has 28 heavy (non-hydrogen) atoms. The molecule has 1 saturated heterocycles. The molecule has 1 N–H and O–H groups in total. The zero-order valence-corrected chi connectivity index (χ0v) is 16.1. The molecule has 0 aliphatic carbocycles. The molecule has 0 atom stereocenters. The van der Waals surface area contributed by atoms with Crippen LogP contribution >= 0.6 is 11.6 Å². The SMILES string of the molecule is O=C(CCCc1nc(-c2ccc(Cl)cc2)no1)NCCCN1C(=O)CCC1=O. The summed E-state index contributed by atoms with van der Waals surface area (Å²) in [6.45, 7) is 0.782. The lowest BCUT2D eigenvalue weighted by atomic mass is 10.2. The molecule has 1 fully saturated rings. The van der Waals surface area contributed by atoms with Crippen molar-refractivity contribution in [3.05, 3.63) is 35.2 Å². The number of nitrogens with zero attached hydrogens (tertiary/aromatic N) is 3. The number of imide groups is 1. The minimum Gasteiger partial charge on any atom is -0.356 e. The number of rotatable bonds is 9. The van der Waals surface area contributed by atoms with Crippen molar-refractivity contribution in [3.8, 4) is 11.4 Å². The van der Waals surface area contributed by atoms with Gasteiger partial charge in [0, 0.05) is 49.4 Å². The molecule has 2 heterocycles. The summed E-state index contributed by atoms with van der Waals surface area (Å²) in [5, 5.41) is 7.36. The van der Waals surface area contributed by atoms with E-state index in [1.54, 1.807) is 12.1 Å². The summed E-state index contributed by atoms with van der Waals surface area (Å²) < 4.78 is 5.21. The first-order valence-electron chi connectivity index (χ1n) is 9.21. The third-order valence-electron chi connectivity index (χ3n) is 4.40. The third kappa shape index (κ3) is 5.39.